The summed E-state index contributed by atoms with van der Waals surface area (Å²) in [4.78, 5) is 12.6. The summed E-state index contributed by atoms with van der Waals surface area (Å²) in [5.41, 5.74) is 0. The second-order valence-corrected chi connectivity index (χ2v) is 2.82. The number of likely N-dealkylation sites (N-methyl/N-ethyl adjacent to an activating group) is 1. The van der Waals surface area contributed by atoms with Crippen molar-refractivity contribution in [2.45, 2.75) is 18.9 Å². The van der Waals surface area contributed by atoms with E-state index in [1.807, 2.05) is 11.9 Å². The minimum Gasteiger partial charge on any atom is -0.296 e. The molecule has 1 rings (SSSR count). The fourth-order valence-electron chi connectivity index (χ4n) is 1.20. The highest BCUT2D eigenvalue weighted by atomic mass is 35.5. The number of likely N-dealkylation sites (tertiary alicyclic amines) is 1. The quantitative estimate of drug-likeness (QED) is 0.572. The van der Waals surface area contributed by atoms with Gasteiger partial charge in [0, 0.05) is 0 Å². The van der Waals surface area contributed by atoms with Crippen molar-refractivity contribution in [3.63, 3.8) is 0 Å². The van der Waals surface area contributed by atoms with Gasteiger partial charge in [0.1, 0.15) is 0 Å². The average Bonchev–Trinajstić information content (AvgIpc) is 2.13. The lowest BCUT2D eigenvalue weighted by molar-refractivity contribution is -0.115. The van der Waals surface area contributed by atoms with Crippen molar-refractivity contribution >= 4 is 29.3 Å². The molecule has 0 aromatic heterocycles. The minimum atomic E-state index is -0.213. The van der Waals surface area contributed by atoms with Crippen LogP contribution in [0.4, 0.5) is 0 Å². The van der Waals surface area contributed by atoms with E-state index in [-0.39, 0.29) is 23.7 Å². The van der Waals surface area contributed by atoms with Gasteiger partial charge in [0.25, 0.3) is 0 Å². The molecule has 0 aliphatic carbocycles. The van der Waals surface area contributed by atoms with Gasteiger partial charge in [0.15, 0.2) is 0 Å². The first-order valence-corrected chi connectivity index (χ1v) is 3.49. The van der Waals surface area contributed by atoms with E-state index in [1.54, 1.807) is 0 Å². The van der Waals surface area contributed by atoms with Crippen LogP contribution in [0.15, 0.2) is 0 Å². The summed E-state index contributed by atoms with van der Waals surface area (Å²) in [5, 5.41) is -0.213. The van der Waals surface area contributed by atoms with Crippen LogP contribution in [-0.4, -0.2) is 29.8 Å². The number of hydrogen-bond acceptors (Lipinski definition) is 2. The molecule has 2 nitrogen and oxygen atoms in total. The Morgan fingerprint density at radius 2 is 2.30 bits per heavy atom. The molecular formula is C6H11Cl2NO. The molecule has 1 aliphatic rings. The maximum Gasteiger partial charge on any atom is 0.238 e. The molecule has 0 unspecified atom stereocenters. The van der Waals surface area contributed by atoms with Gasteiger partial charge >= 0.3 is 0 Å². The molecule has 0 amide bonds. The van der Waals surface area contributed by atoms with Crippen LogP contribution in [0.3, 0.4) is 0 Å². The Hall–Kier alpha value is 0.210. The largest absolute Gasteiger partial charge is 0.296 e. The van der Waals surface area contributed by atoms with E-state index in [0.29, 0.717) is 0 Å². The van der Waals surface area contributed by atoms with Crippen LogP contribution in [0.1, 0.15) is 12.8 Å². The average molecular weight is 184 g/mol. The number of carbonyl (C=O) groups excluding carboxylic acids is 1. The van der Waals surface area contributed by atoms with E-state index in [4.69, 9.17) is 11.6 Å². The molecule has 1 fully saturated rings. The lowest BCUT2D eigenvalue weighted by Crippen LogP contribution is -2.29. The molecule has 0 aromatic carbocycles. The zero-order valence-corrected chi connectivity index (χ0v) is 7.41. The van der Waals surface area contributed by atoms with Crippen molar-refractivity contribution in [3.05, 3.63) is 0 Å². The van der Waals surface area contributed by atoms with E-state index >= 15 is 0 Å². The van der Waals surface area contributed by atoms with Crippen LogP contribution >= 0.6 is 24.0 Å². The van der Waals surface area contributed by atoms with Gasteiger partial charge in [-0.05, 0) is 38.0 Å². The predicted molar refractivity (Wildman–Crippen MR) is 43.8 cm³/mol. The Bertz CT molecular complexity index is 129. The third-order valence-electron chi connectivity index (χ3n) is 1.78. The smallest absolute Gasteiger partial charge is 0.238 e. The molecule has 60 valence electrons. The predicted octanol–water partition coefficient (Wildman–Crippen LogP) is 1.27. The Balaban J connectivity index is 0.000000810. The van der Waals surface area contributed by atoms with Gasteiger partial charge in [-0.1, -0.05) is 0 Å². The van der Waals surface area contributed by atoms with Crippen LogP contribution in [0.5, 0.6) is 0 Å². The first-order chi connectivity index (χ1) is 4.22. The molecule has 4 heteroatoms. The number of nitrogens with zero attached hydrogens (tertiary/aromatic N) is 1. The van der Waals surface area contributed by atoms with E-state index in [9.17, 15) is 4.79 Å². The summed E-state index contributed by atoms with van der Waals surface area (Å²) in [6, 6.07) is -0.00772. The van der Waals surface area contributed by atoms with Gasteiger partial charge in [0.05, 0.1) is 6.04 Å². The monoisotopic (exact) mass is 183 g/mol. The van der Waals surface area contributed by atoms with Gasteiger partial charge in [-0.2, -0.15) is 0 Å². The second kappa shape index (κ2) is 4.16. The van der Waals surface area contributed by atoms with Crippen molar-refractivity contribution in [2.75, 3.05) is 13.6 Å². The van der Waals surface area contributed by atoms with E-state index in [1.165, 1.54) is 0 Å². The normalized spacial score (nSPS) is 26.0. The summed E-state index contributed by atoms with van der Waals surface area (Å²) in [5.74, 6) is 0. The molecule has 1 atom stereocenters. The third kappa shape index (κ3) is 2.11. The SMILES string of the molecule is CN1CCC[C@H]1C(=O)Cl.Cl. The molecule has 1 aliphatic heterocycles. The highest BCUT2D eigenvalue weighted by Gasteiger charge is 2.25. The van der Waals surface area contributed by atoms with Crippen molar-refractivity contribution in [2.24, 2.45) is 0 Å². The lowest BCUT2D eigenvalue weighted by Gasteiger charge is -2.13. The van der Waals surface area contributed by atoms with Crippen molar-refractivity contribution in [1.29, 1.82) is 0 Å². The minimum absolute atomic E-state index is 0. The Morgan fingerprint density at radius 3 is 2.50 bits per heavy atom. The molecule has 0 saturated carbocycles. The van der Waals surface area contributed by atoms with Gasteiger partial charge in [-0.3, -0.25) is 9.69 Å². The second-order valence-electron chi connectivity index (χ2n) is 2.44. The zero-order valence-electron chi connectivity index (χ0n) is 5.84. The first kappa shape index (κ1) is 10.2. The van der Waals surface area contributed by atoms with E-state index in [0.717, 1.165) is 19.4 Å². The molecule has 0 bridgehead atoms. The molecule has 0 radical (unpaired) electrons. The van der Waals surface area contributed by atoms with Crippen molar-refractivity contribution in [3.8, 4) is 0 Å². The molecular weight excluding hydrogens is 173 g/mol. The molecule has 1 saturated heterocycles. The van der Waals surface area contributed by atoms with Crippen LogP contribution < -0.4 is 0 Å². The fraction of sp³-hybridized carbons (Fsp3) is 0.833. The van der Waals surface area contributed by atoms with Crippen molar-refractivity contribution in [1.82, 2.24) is 4.90 Å². The number of carbonyl (C=O) groups is 1. The van der Waals surface area contributed by atoms with Gasteiger partial charge in [-0.25, -0.2) is 0 Å². The highest BCUT2D eigenvalue weighted by Crippen LogP contribution is 2.16. The Morgan fingerprint density at radius 1 is 1.70 bits per heavy atom. The van der Waals surface area contributed by atoms with Crippen LogP contribution in [-0.2, 0) is 4.79 Å². The summed E-state index contributed by atoms with van der Waals surface area (Å²) in [6.45, 7) is 1.00. The van der Waals surface area contributed by atoms with E-state index in [2.05, 4.69) is 0 Å². The van der Waals surface area contributed by atoms with Crippen LogP contribution in [0.25, 0.3) is 0 Å². The van der Waals surface area contributed by atoms with Crippen LogP contribution in [0, 0.1) is 0 Å². The molecule has 1 heterocycles. The zero-order chi connectivity index (χ0) is 6.85. The topological polar surface area (TPSA) is 20.3 Å². The van der Waals surface area contributed by atoms with Crippen molar-refractivity contribution < 1.29 is 4.79 Å². The Kier molecular flexibility index (Phi) is 4.25. The summed E-state index contributed by atoms with van der Waals surface area (Å²) < 4.78 is 0. The maximum absolute atomic E-state index is 10.6. The first-order valence-electron chi connectivity index (χ1n) is 3.11. The maximum atomic E-state index is 10.6. The Labute approximate surface area is 71.9 Å². The number of hydrogen-bond donors (Lipinski definition) is 0. The molecule has 0 aromatic rings. The third-order valence-corrected chi connectivity index (χ3v) is 2.03. The summed E-state index contributed by atoms with van der Waals surface area (Å²) in [7, 11) is 1.93. The van der Waals surface area contributed by atoms with E-state index < -0.39 is 0 Å². The molecule has 0 spiro atoms. The van der Waals surface area contributed by atoms with Gasteiger partial charge < -0.3 is 0 Å². The molecule has 10 heavy (non-hydrogen) atoms. The number of halogens is 2. The summed E-state index contributed by atoms with van der Waals surface area (Å²) >= 11 is 5.30. The summed E-state index contributed by atoms with van der Waals surface area (Å²) in [6.07, 6.45) is 2.03. The highest BCUT2D eigenvalue weighted by molar-refractivity contribution is 6.64. The number of rotatable bonds is 1. The van der Waals surface area contributed by atoms with Gasteiger partial charge in [0.2, 0.25) is 5.24 Å². The molecule has 0 N–H and O–H groups in total. The van der Waals surface area contributed by atoms with Gasteiger partial charge in [-0.15, -0.1) is 12.4 Å². The lowest BCUT2D eigenvalue weighted by atomic mass is 10.2. The van der Waals surface area contributed by atoms with Crippen LogP contribution in [0.2, 0.25) is 0 Å². The standard InChI is InChI=1S/C6H10ClNO.ClH/c1-8-4-2-3-5(8)6(7)9;/h5H,2-4H2,1H3;1H/t5-;/m0./s1. The fourth-order valence-corrected chi connectivity index (χ4v) is 1.47.